The van der Waals surface area contributed by atoms with Crippen molar-refractivity contribution in [3.8, 4) is 11.1 Å². The fourth-order valence-electron chi connectivity index (χ4n) is 2.67. The van der Waals surface area contributed by atoms with Crippen molar-refractivity contribution in [1.82, 2.24) is 4.57 Å². The summed E-state index contributed by atoms with van der Waals surface area (Å²) in [6.07, 6.45) is 0. The second kappa shape index (κ2) is 5.04. The molecule has 2 aromatic carbocycles. The molecule has 0 radical (unpaired) electrons. The van der Waals surface area contributed by atoms with Crippen LogP contribution < -0.4 is 5.73 Å². The van der Waals surface area contributed by atoms with E-state index >= 15 is 0 Å². The molecule has 0 aliphatic heterocycles. The molecule has 3 aromatic rings. The van der Waals surface area contributed by atoms with Gasteiger partial charge in [-0.3, -0.25) is 0 Å². The summed E-state index contributed by atoms with van der Waals surface area (Å²) in [4.78, 5) is 0. The minimum Gasteiger partial charge on any atom is -0.346 e. The average molecular weight is 333 g/mol. The van der Waals surface area contributed by atoms with E-state index in [9.17, 15) is 4.39 Å². The van der Waals surface area contributed by atoms with Crippen LogP contribution in [-0.4, -0.2) is 4.57 Å². The molecule has 0 amide bonds. The number of hydrogen-bond donors (Lipinski definition) is 1. The number of nitrogens with two attached hydrogens (primary N) is 1. The summed E-state index contributed by atoms with van der Waals surface area (Å²) in [6, 6.07) is 12.8. The molecule has 20 heavy (non-hydrogen) atoms. The van der Waals surface area contributed by atoms with E-state index in [-0.39, 0.29) is 5.82 Å². The zero-order valence-corrected chi connectivity index (χ0v) is 12.6. The van der Waals surface area contributed by atoms with E-state index in [1.807, 2.05) is 35.9 Å². The second-order valence-corrected chi connectivity index (χ2v) is 5.64. The van der Waals surface area contributed by atoms with Gasteiger partial charge in [-0.1, -0.05) is 34.1 Å². The van der Waals surface area contributed by atoms with Crippen molar-refractivity contribution in [2.75, 3.05) is 0 Å². The van der Waals surface area contributed by atoms with Gasteiger partial charge in [-0.15, -0.1) is 0 Å². The van der Waals surface area contributed by atoms with E-state index in [2.05, 4.69) is 15.9 Å². The highest BCUT2D eigenvalue weighted by Crippen LogP contribution is 2.36. The molecule has 4 heteroatoms. The highest BCUT2D eigenvalue weighted by atomic mass is 79.9. The van der Waals surface area contributed by atoms with E-state index in [0.29, 0.717) is 12.1 Å². The van der Waals surface area contributed by atoms with Crippen LogP contribution in [0.5, 0.6) is 0 Å². The Labute approximate surface area is 125 Å². The molecule has 1 heterocycles. The summed E-state index contributed by atoms with van der Waals surface area (Å²) in [6.45, 7) is 0.368. The first-order valence-corrected chi connectivity index (χ1v) is 7.14. The Kier molecular flexibility index (Phi) is 3.36. The Morgan fingerprint density at radius 3 is 2.65 bits per heavy atom. The fraction of sp³-hybridized carbons (Fsp3) is 0.125. The smallest absolute Gasteiger partial charge is 0.131 e. The topological polar surface area (TPSA) is 30.9 Å². The molecule has 3 rings (SSSR count). The molecule has 102 valence electrons. The van der Waals surface area contributed by atoms with Gasteiger partial charge in [0, 0.05) is 45.8 Å². The maximum Gasteiger partial charge on any atom is 0.131 e. The van der Waals surface area contributed by atoms with Gasteiger partial charge in [0.15, 0.2) is 0 Å². The number of benzene rings is 2. The summed E-state index contributed by atoms with van der Waals surface area (Å²) in [5.41, 5.74) is 9.34. The summed E-state index contributed by atoms with van der Waals surface area (Å²) in [5.74, 6) is -0.227. The van der Waals surface area contributed by atoms with Crippen LogP contribution in [0.3, 0.4) is 0 Å². The Balaban J connectivity index is 2.45. The average Bonchev–Trinajstić information content (AvgIpc) is 2.71. The second-order valence-electron chi connectivity index (χ2n) is 4.73. The molecule has 1 aromatic heterocycles. The van der Waals surface area contributed by atoms with Crippen LogP contribution in [0.4, 0.5) is 4.39 Å². The lowest BCUT2D eigenvalue weighted by molar-refractivity contribution is 0.631. The zero-order chi connectivity index (χ0) is 14.3. The summed E-state index contributed by atoms with van der Waals surface area (Å²) in [5, 5.41) is 1.01. The first kappa shape index (κ1) is 13.3. The Bertz CT molecular complexity index is 793. The fourth-order valence-corrected chi connectivity index (χ4v) is 3.03. The summed E-state index contributed by atoms with van der Waals surface area (Å²) in [7, 11) is 1.96. The van der Waals surface area contributed by atoms with Crippen LogP contribution in [0, 0.1) is 5.82 Å². The van der Waals surface area contributed by atoms with Gasteiger partial charge in [0.1, 0.15) is 5.82 Å². The van der Waals surface area contributed by atoms with Gasteiger partial charge < -0.3 is 10.3 Å². The third-order valence-corrected chi connectivity index (χ3v) is 4.11. The molecule has 0 saturated carbocycles. The van der Waals surface area contributed by atoms with Gasteiger partial charge in [-0.2, -0.15) is 0 Å². The SMILES string of the molecule is Cn1c(CN)c(-c2ccccc2F)c2cc(Br)ccc21. The minimum absolute atomic E-state index is 0.227. The molecule has 0 saturated heterocycles. The number of rotatable bonds is 2. The highest BCUT2D eigenvalue weighted by molar-refractivity contribution is 9.10. The van der Waals surface area contributed by atoms with Crippen molar-refractivity contribution >= 4 is 26.8 Å². The molecule has 2 nitrogen and oxygen atoms in total. The molecule has 0 unspecified atom stereocenters. The summed E-state index contributed by atoms with van der Waals surface area (Å²) >= 11 is 3.48. The predicted octanol–water partition coefficient (Wildman–Crippen LogP) is 4.21. The van der Waals surface area contributed by atoms with Gasteiger partial charge >= 0.3 is 0 Å². The van der Waals surface area contributed by atoms with Gasteiger partial charge in [0.25, 0.3) is 0 Å². The number of fused-ring (bicyclic) bond motifs is 1. The molecule has 0 fully saturated rings. The van der Waals surface area contributed by atoms with Crippen molar-refractivity contribution in [2.24, 2.45) is 12.8 Å². The lowest BCUT2D eigenvalue weighted by atomic mass is 10.0. The van der Waals surface area contributed by atoms with Crippen molar-refractivity contribution in [3.63, 3.8) is 0 Å². The highest BCUT2D eigenvalue weighted by Gasteiger charge is 2.18. The van der Waals surface area contributed by atoms with Crippen molar-refractivity contribution in [1.29, 1.82) is 0 Å². The van der Waals surface area contributed by atoms with Crippen LogP contribution in [0.15, 0.2) is 46.9 Å². The Morgan fingerprint density at radius 1 is 1.20 bits per heavy atom. The third-order valence-electron chi connectivity index (χ3n) is 3.62. The maximum absolute atomic E-state index is 14.2. The lowest BCUT2D eigenvalue weighted by Crippen LogP contribution is -2.04. The van der Waals surface area contributed by atoms with Crippen LogP contribution in [0.1, 0.15) is 5.69 Å². The van der Waals surface area contributed by atoms with Crippen LogP contribution >= 0.6 is 15.9 Å². The number of aryl methyl sites for hydroxylation is 1. The van der Waals surface area contributed by atoms with Crippen LogP contribution in [0.25, 0.3) is 22.0 Å². The molecule has 0 bridgehead atoms. The number of hydrogen-bond acceptors (Lipinski definition) is 1. The molecule has 0 aliphatic rings. The van der Waals surface area contributed by atoms with Gasteiger partial charge in [0.2, 0.25) is 0 Å². The van der Waals surface area contributed by atoms with Crippen molar-refractivity contribution < 1.29 is 4.39 Å². The molecular weight excluding hydrogens is 319 g/mol. The van der Waals surface area contributed by atoms with E-state index in [1.165, 1.54) is 6.07 Å². The van der Waals surface area contributed by atoms with Crippen molar-refractivity contribution in [2.45, 2.75) is 6.54 Å². The minimum atomic E-state index is -0.227. The first-order chi connectivity index (χ1) is 9.63. The monoisotopic (exact) mass is 332 g/mol. The predicted molar refractivity (Wildman–Crippen MR) is 83.9 cm³/mol. The Morgan fingerprint density at radius 2 is 1.95 bits per heavy atom. The molecule has 0 aliphatic carbocycles. The third kappa shape index (κ3) is 1.96. The van der Waals surface area contributed by atoms with Gasteiger partial charge in [-0.25, -0.2) is 4.39 Å². The molecule has 0 atom stereocenters. The van der Waals surface area contributed by atoms with Crippen LogP contribution in [0.2, 0.25) is 0 Å². The zero-order valence-electron chi connectivity index (χ0n) is 11.0. The normalized spacial score (nSPS) is 11.2. The quantitative estimate of drug-likeness (QED) is 0.748. The first-order valence-electron chi connectivity index (χ1n) is 6.35. The largest absolute Gasteiger partial charge is 0.346 e. The van der Waals surface area contributed by atoms with Gasteiger partial charge in [0.05, 0.1) is 0 Å². The molecule has 0 spiro atoms. The Hall–Kier alpha value is -1.65. The maximum atomic E-state index is 14.2. The lowest BCUT2D eigenvalue weighted by Gasteiger charge is -2.06. The van der Waals surface area contributed by atoms with Crippen LogP contribution in [-0.2, 0) is 13.6 Å². The molecule has 2 N–H and O–H groups in total. The van der Waals surface area contributed by atoms with Crippen molar-refractivity contribution in [3.05, 3.63) is 58.4 Å². The van der Waals surface area contributed by atoms with E-state index in [0.717, 1.165) is 26.6 Å². The van der Waals surface area contributed by atoms with E-state index in [4.69, 9.17) is 5.73 Å². The standard InChI is InChI=1S/C16H14BrFN2/c1-20-14-7-6-10(17)8-12(14)16(15(20)9-19)11-4-2-3-5-13(11)18/h2-8H,9,19H2,1H3. The number of halogens is 2. The van der Waals surface area contributed by atoms with E-state index < -0.39 is 0 Å². The van der Waals surface area contributed by atoms with Gasteiger partial charge in [-0.05, 0) is 24.3 Å². The van der Waals surface area contributed by atoms with E-state index in [1.54, 1.807) is 12.1 Å². The summed E-state index contributed by atoms with van der Waals surface area (Å²) < 4.78 is 17.2. The number of nitrogens with zero attached hydrogens (tertiary/aromatic N) is 1. The number of aromatic nitrogens is 1. The molecular formula is C16H14BrFN2.